The van der Waals surface area contributed by atoms with E-state index in [2.05, 4.69) is 26.4 Å². The van der Waals surface area contributed by atoms with Crippen LogP contribution < -0.4 is 5.73 Å². The van der Waals surface area contributed by atoms with Gasteiger partial charge in [0, 0.05) is 22.4 Å². The Labute approximate surface area is 148 Å². The molecule has 0 bridgehead atoms. The van der Waals surface area contributed by atoms with Crippen molar-refractivity contribution in [1.82, 2.24) is 20.3 Å². The van der Waals surface area contributed by atoms with E-state index >= 15 is 0 Å². The van der Waals surface area contributed by atoms with Crippen LogP contribution in [-0.4, -0.2) is 31.9 Å². The molecule has 0 fully saturated rings. The average Bonchev–Trinajstić information content (AvgIpc) is 3.21. The Hall–Kier alpha value is -3.67. The first-order chi connectivity index (χ1) is 12.5. The number of pyridine rings is 1. The molecule has 0 amide bonds. The number of aryl methyl sites for hydroxylation is 3. The van der Waals surface area contributed by atoms with Gasteiger partial charge in [-0.3, -0.25) is 9.89 Å². The second-order valence-electron chi connectivity index (χ2n) is 5.75. The van der Waals surface area contributed by atoms with E-state index in [1.165, 1.54) is 0 Å². The summed E-state index contributed by atoms with van der Waals surface area (Å²) < 4.78 is 5.30. The fraction of sp³-hybridized carbons (Fsp3) is 0.235. The molecule has 0 aliphatic heterocycles. The smallest absolute Gasteiger partial charge is 0.290 e. The topological polar surface area (TPSA) is 155 Å². The molecule has 4 N–H and O–H groups in total. The zero-order chi connectivity index (χ0) is 18.8. The van der Waals surface area contributed by atoms with Gasteiger partial charge in [0.05, 0.1) is 17.6 Å². The third-order valence-corrected chi connectivity index (χ3v) is 4.32. The van der Waals surface area contributed by atoms with Crippen LogP contribution in [0.5, 0.6) is 0 Å². The lowest BCUT2D eigenvalue weighted by atomic mass is 9.85. The molecule has 3 aromatic rings. The van der Waals surface area contributed by atoms with Gasteiger partial charge in [0.1, 0.15) is 23.2 Å². The molecule has 26 heavy (non-hydrogen) atoms. The minimum atomic E-state index is -0.250. The highest BCUT2D eigenvalue weighted by molar-refractivity contribution is 5.87. The second kappa shape index (κ2) is 6.68. The number of fused-ring (bicyclic) bond motifs is 3. The van der Waals surface area contributed by atoms with E-state index in [1.807, 2.05) is 13.8 Å². The molecule has 3 aromatic heterocycles. The number of nitrogens with zero attached hydrogens (tertiary/aromatic N) is 4. The third kappa shape index (κ3) is 2.57. The summed E-state index contributed by atoms with van der Waals surface area (Å²) in [6, 6.07) is 2.19. The lowest BCUT2D eigenvalue weighted by Crippen LogP contribution is -2.11. The van der Waals surface area contributed by atoms with Gasteiger partial charge >= 0.3 is 0 Å². The summed E-state index contributed by atoms with van der Waals surface area (Å²) in [6.45, 7) is 3.45. The van der Waals surface area contributed by atoms with E-state index in [-0.39, 0.29) is 12.3 Å². The first-order valence-electron chi connectivity index (χ1n) is 7.79. The number of anilines is 1. The maximum atomic E-state index is 9.60. The molecule has 132 valence electrons. The number of H-pyrrole nitrogens is 1. The van der Waals surface area contributed by atoms with E-state index in [0.29, 0.717) is 11.3 Å². The molecule has 0 aromatic carbocycles. The Bertz CT molecular complexity index is 1010. The Balaban J connectivity index is 0.000000613. The van der Waals surface area contributed by atoms with Crippen molar-refractivity contribution in [3.8, 4) is 28.5 Å². The van der Waals surface area contributed by atoms with Crippen molar-refractivity contribution in [2.24, 2.45) is 0 Å². The standard InChI is InChI=1S/C16H14N6O.CH2O2/c1-7-13(8(2)23-22-7)14-9-3-4-12-11(6-19-21-12)15(9)20-16(18)10(14)5-17;2-1-3/h6H,3-4H2,1-2H3,(H2,18,20)(H,19,21);1H,(H,2,3). The number of rotatable bonds is 1. The van der Waals surface area contributed by atoms with Crippen LogP contribution in [0.15, 0.2) is 10.7 Å². The molecule has 9 nitrogen and oxygen atoms in total. The number of nitrogens with one attached hydrogen (secondary N) is 1. The number of aromatic amines is 1. The zero-order valence-corrected chi connectivity index (χ0v) is 14.2. The van der Waals surface area contributed by atoms with E-state index in [4.69, 9.17) is 20.2 Å². The van der Waals surface area contributed by atoms with Crippen LogP contribution in [0.1, 0.15) is 28.3 Å². The SMILES string of the molecule is Cc1noc(C)c1-c1c(C#N)c(N)nc2c1CCc1[nH]ncc1-2.O=CO. The third-order valence-electron chi connectivity index (χ3n) is 4.32. The van der Waals surface area contributed by atoms with E-state index < -0.39 is 0 Å². The predicted octanol–water partition coefficient (Wildman–Crippen LogP) is 2.00. The van der Waals surface area contributed by atoms with Crippen molar-refractivity contribution >= 4 is 12.3 Å². The number of nitriles is 1. The highest BCUT2D eigenvalue weighted by Gasteiger charge is 2.29. The molecule has 0 unspecified atom stereocenters. The molecule has 1 aliphatic rings. The van der Waals surface area contributed by atoms with Gasteiger partial charge in [0.25, 0.3) is 6.47 Å². The number of nitrogens with two attached hydrogens (primary N) is 1. The summed E-state index contributed by atoms with van der Waals surface area (Å²) in [5.74, 6) is 0.889. The van der Waals surface area contributed by atoms with Crippen molar-refractivity contribution in [2.75, 3.05) is 5.73 Å². The average molecular weight is 352 g/mol. The first kappa shape index (κ1) is 17.2. The van der Waals surface area contributed by atoms with Gasteiger partial charge in [-0.15, -0.1) is 0 Å². The maximum Gasteiger partial charge on any atom is 0.290 e. The van der Waals surface area contributed by atoms with Gasteiger partial charge in [-0.1, -0.05) is 5.16 Å². The molecule has 0 saturated carbocycles. The number of carbonyl (C=O) groups is 1. The first-order valence-corrected chi connectivity index (χ1v) is 7.79. The van der Waals surface area contributed by atoms with Crippen LogP contribution in [0.25, 0.3) is 22.4 Å². The Morgan fingerprint density at radius 2 is 2.12 bits per heavy atom. The summed E-state index contributed by atoms with van der Waals surface area (Å²) in [5.41, 5.74) is 12.6. The van der Waals surface area contributed by atoms with E-state index in [1.54, 1.807) is 6.20 Å². The van der Waals surface area contributed by atoms with Crippen LogP contribution in [0.4, 0.5) is 5.82 Å². The molecule has 0 radical (unpaired) electrons. The highest BCUT2D eigenvalue weighted by atomic mass is 16.5. The number of aromatic nitrogens is 4. The Morgan fingerprint density at radius 3 is 2.73 bits per heavy atom. The summed E-state index contributed by atoms with van der Waals surface area (Å²) in [6.07, 6.45) is 3.32. The monoisotopic (exact) mass is 352 g/mol. The summed E-state index contributed by atoms with van der Waals surface area (Å²) in [7, 11) is 0. The van der Waals surface area contributed by atoms with Gasteiger partial charge in [-0.05, 0) is 32.3 Å². The highest BCUT2D eigenvalue weighted by Crippen LogP contribution is 2.42. The fourth-order valence-corrected chi connectivity index (χ4v) is 3.29. The van der Waals surface area contributed by atoms with Gasteiger partial charge < -0.3 is 15.4 Å². The van der Waals surface area contributed by atoms with Crippen LogP contribution in [0, 0.1) is 25.2 Å². The lowest BCUT2D eigenvalue weighted by molar-refractivity contribution is -0.122. The van der Waals surface area contributed by atoms with Crippen LogP contribution >= 0.6 is 0 Å². The molecular formula is C17H16N6O3. The molecule has 4 rings (SSSR count). The summed E-state index contributed by atoms with van der Waals surface area (Å²) in [4.78, 5) is 12.8. The normalized spacial score (nSPS) is 11.6. The van der Waals surface area contributed by atoms with Gasteiger partial charge in [-0.2, -0.15) is 10.4 Å². The van der Waals surface area contributed by atoms with Crippen LogP contribution in [0.2, 0.25) is 0 Å². The molecule has 9 heteroatoms. The minimum Gasteiger partial charge on any atom is -0.483 e. The predicted molar refractivity (Wildman–Crippen MR) is 92.0 cm³/mol. The molecular weight excluding hydrogens is 336 g/mol. The second-order valence-corrected chi connectivity index (χ2v) is 5.75. The molecule has 1 aliphatic carbocycles. The van der Waals surface area contributed by atoms with E-state index in [9.17, 15) is 5.26 Å². The fourth-order valence-electron chi connectivity index (χ4n) is 3.29. The quantitative estimate of drug-likeness (QED) is 0.562. The maximum absolute atomic E-state index is 9.60. The molecule has 3 heterocycles. The molecule has 0 saturated heterocycles. The van der Waals surface area contributed by atoms with Crippen molar-refractivity contribution in [3.05, 3.63) is 34.5 Å². The number of nitrogen functional groups attached to an aromatic ring is 1. The number of carboxylic acid groups (broad SMARTS) is 1. The summed E-state index contributed by atoms with van der Waals surface area (Å²) >= 11 is 0. The number of hydrogen-bond donors (Lipinski definition) is 3. The lowest BCUT2D eigenvalue weighted by Gasteiger charge is -2.20. The minimum absolute atomic E-state index is 0.218. The van der Waals surface area contributed by atoms with Gasteiger partial charge in [0.15, 0.2) is 0 Å². The van der Waals surface area contributed by atoms with Gasteiger partial charge in [0.2, 0.25) is 0 Å². The number of hydrogen-bond acceptors (Lipinski definition) is 7. The largest absolute Gasteiger partial charge is 0.483 e. The van der Waals surface area contributed by atoms with Crippen molar-refractivity contribution in [3.63, 3.8) is 0 Å². The van der Waals surface area contributed by atoms with Gasteiger partial charge in [-0.25, -0.2) is 4.98 Å². The summed E-state index contributed by atoms with van der Waals surface area (Å²) in [5, 5.41) is 27.6. The Kier molecular flexibility index (Phi) is 4.41. The van der Waals surface area contributed by atoms with Crippen LogP contribution in [-0.2, 0) is 17.6 Å². The molecule has 0 spiro atoms. The van der Waals surface area contributed by atoms with Crippen molar-refractivity contribution in [1.29, 1.82) is 5.26 Å². The Morgan fingerprint density at radius 1 is 1.38 bits per heavy atom. The molecule has 0 atom stereocenters. The van der Waals surface area contributed by atoms with E-state index in [0.717, 1.165) is 52.2 Å². The zero-order valence-electron chi connectivity index (χ0n) is 14.2. The van der Waals surface area contributed by atoms with Crippen molar-refractivity contribution < 1.29 is 14.4 Å². The van der Waals surface area contributed by atoms with Crippen LogP contribution in [0.3, 0.4) is 0 Å². The van der Waals surface area contributed by atoms with Crippen molar-refractivity contribution in [2.45, 2.75) is 26.7 Å².